The quantitative estimate of drug-likeness (QED) is 0.625. The van der Waals surface area contributed by atoms with E-state index in [0.29, 0.717) is 19.5 Å². The number of sulfonamides is 1. The Balaban J connectivity index is 1.56. The lowest BCUT2D eigenvalue weighted by molar-refractivity contribution is 0.311. The maximum atomic E-state index is 13.2. The maximum absolute atomic E-state index is 13.2. The molecule has 2 aromatic heterocycles. The lowest BCUT2D eigenvalue weighted by atomic mass is 9.93. The Morgan fingerprint density at radius 3 is 2.63 bits per heavy atom. The molecule has 0 spiro atoms. The van der Waals surface area contributed by atoms with Crippen molar-refractivity contribution < 1.29 is 12.8 Å². The first kappa shape index (κ1) is 20.7. The summed E-state index contributed by atoms with van der Waals surface area (Å²) in [5, 5.41) is 0.0832. The molecule has 0 N–H and O–H groups in total. The summed E-state index contributed by atoms with van der Waals surface area (Å²) < 4.78 is 42.3. The average molecular weight is 429 g/mol. The summed E-state index contributed by atoms with van der Waals surface area (Å²) in [5.74, 6) is -0.217. The standard InChI is InChI=1S/C22H25FN4O2S/c1-16-10-18(11-17-5-7-20(23)8-6-17)12-21(25-16)19-4-3-9-27(13-19)30(28,29)22-14-26(2)15-24-22/h5-8,10,12,14-15,19H,3-4,9,11,13H2,1-2H3/t19-/m0/s1. The number of hydrogen-bond donors (Lipinski definition) is 0. The number of imidazole rings is 1. The molecule has 6 nitrogen and oxygen atoms in total. The minimum absolute atomic E-state index is 0.0316. The van der Waals surface area contributed by atoms with E-state index >= 15 is 0 Å². The number of rotatable bonds is 5. The molecule has 1 aliphatic rings. The predicted octanol–water partition coefficient (Wildman–Crippen LogP) is 3.42. The lowest BCUT2D eigenvalue weighted by Gasteiger charge is -2.31. The zero-order valence-electron chi connectivity index (χ0n) is 17.1. The zero-order valence-corrected chi connectivity index (χ0v) is 17.9. The minimum Gasteiger partial charge on any atom is -0.339 e. The second-order valence-corrected chi connectivity index (χ2v) is 9.81. The van der Waals surface area contributed by atoms with Crippen LogP contribution in [0.1, 0.15) is 41.3 Å². The Bertz CT molecular complexity index is 1140. The van der Waals surface area contributed by atoms with Gasteiger partial charge in [-0.25, -0.2) is 17.8 Å². The highest BCUT2D eigenvalue weighted by molar-refractivity contribution is 7.89. The third-order valence-electron chi connectivity index (χ3n) is 5.44. The molecular weight excluding hydrogens is 403 g/mol. The number of aromatic nitrogens is 3. The van der Waals surface area contributed by atoms with Crippen molar-refractivity contribution in [3.63, 3.8) is 0 Å². The molecule has 0 amide bonds. The van der Waals surface area contributed by atoms with E-state index in [4.69, 9.17) is 4.98 Å². The molecule has 0 saturated carbocycles. The molecule has 1 aliphatic heterocycles. The summed E-state index contributed by atoms with van der Waals surface area (Å²) in [6.45, 7) is 2.83. The van der Waals surface area contributed by atoms with Gasteiger partial charge in [0.25, 0.3) is 10.0 Å². The Morgan fingerprint density at radius 2 is 1.93 bits per heavy atom. The average Bonchev–Trinajstić information content (AvgIpc) is 3.17. The molecule has 1 atom stereocenters. The van der Waals surface area contributed by atoms with Gasteiger partial charge in [0.15, 0.2) is 5.03 Å². The van der Waals surface area contributed by atoms with E-state index < -0.39 is 10.0 Å². The van der Waals surface area contributed by atoms with Crippen molar-refractivity contribution in [2.24, 2.45) is 7.05 Å². The molecule has 30 heavy (non-hydrogen) atoms. The molecule has 0 aliphatic carbocycles. The van der Waals surface area contributed by atoms with E-state index in [2.05, 4.69) is 11.1 Å². The number of hydrogen-bond acceptors (Lipinski definition) is 4. The van der Waals surface area contributed by atoms with E-state index in [0.717, 1.165) is 35.4 Å². The highest BCUT2D eigenvalue weighted by Gasteiger charge is 2.33. The number of nitrogens with zero attached hydrogens (tertiary/aromatic N) is 4. The SMILES string of the molecule is Cc1cc(Cc2ccc(F)cc2)cc([C@H]2CCCN(S(=O)(=O)c3cn(C)cn3)C2)n1. The summed E-state index contributed by atoms with van der Waals surface area (Å²) in [4.78, 5) is 8.74. The molecule has 0 bridgehead atoms. The van der Waals surface area contributed by atoms with Crippen molar-refractivity contribution >= 4 is 10.0 Å². The normalized spacial score (nSPS) is 17.9. The molecule has 0 radical (unpaired) electrons. The van der Waals surface area contributed by atoms with Crippen LogP contribution in [-0.4, -0.2) is 40.3 Å². The van der Waals surface area contributed by atoms with E-state index in [1.54, 1.807) is 23.7 Å². The van der Waals surface area contributed by atoms with Gasteiger partial charge in [0.05, 0.1) is 6.33 Å². The van der Waals surface area contributed by atoms with Crippen molar-refractivity contribution in [1.82, 2.24) is 18.8 Å². The topological polar surface area (TPSA) is 68.1 Å². The van der Waals surface area contributed by atoms with Gasteiger partial charge in [-0.15, -0.1) is 0 Å². The predicted molar refractivity (Wildman–Crippen MR) is 112 cm³/mol. The minimum atomic E-state index is -3.62. The first-order valence-electron chi connectivity index (χ1n) is 10.0. The maximum Gasteiger partial charge on any atom is 0.262 e. The van der Waals surface area contributed by atoms with Crippen LogP contribution >= 0.6 is 0 Å². The highest BCUT2D eigenvalue weighted by atomic mass is 32.2. The van der Waals surface area contributed by atoms with Crippen LogP contribution in [-0.2, 0) is 23.5 Å². The number of benzene rings is 1. The van der Waals surface area contributed by atoms with Gasteiger partial charge in [0, 0.05) is 43.6 Å². The fraction of sp³-hybridized carbons (Fsp3) is 0.364. The van der Waals surface area contributed by atoms with Crippen LogP contribution in [0.15, 0.2) is 53.9 Å². The third kappa shape index (κ3) is 4.44. The van der Waals surface area contributed by atoms with Crippen LogP contribution in [0, 0.1) is 12.7 Å². The zero-order chi connectivity index (χ0) is 21.3. The van der Waals surface area contributed by atoms with Gasteiger partial charge < -0.3 is 4.57 Å². The fourth-order valence-corrected chi connectivity index (χ4v) is 5.46. The molecule has 4 rings (SSSR count). The highest BCUT2D eigenvalue weighted by Crippen LogP contribution is 2.30. The van der Waals surface area contributed by atoms with Crippen LogP contribution in [0.4, 0.5) is 4.39 Å². The van der Waals surface area contributed by atoms with E-state index in [-0.39, 0.29) is 16.8 Å². The van der Waals surface area contributed by atoms with E-state index in [1.165, 1.54) is 29.0 Å². The van der Waals surface area contributed by atoms with Crippen molar-refractivity contribution in [2.75, 3.05) is 13.1 Å². The molecule has 3 aromatic rings. The van der Waals surface area contributed by atoms with Crippen molar-refractivity contribution in [3.8, 4) is 0 Å². The monoisotopic (exact) mass is 428 g/mol. The van der Waals surface area contributed by atoms with Gasteiger partial charge in [0.1, 0.15) is 5.82 Å². The molecule has 3 heterocycles. The van der Waals surface area contributed by atoms with Gasteiger partial charge in [-0.1, -0.05) is 12.1 Å². The molecule has 1 aromatic carbocycles. The van der Waals surface area contributed by atoms with Gasteiger partial charge in [0.2, 0.25) is 0 Å². The van der Waals surface area contributed by atoms with Crippen LogP contribution in [0.2, 0.25) is 0 Å². The summed E-state index contributed by atoms with van der Waals surface area (Å²) in [7, 11) is -1.86. The fourth-order valence-electron chi connectivity index (χ4n) is 3.97. The van der Waals surface area contributed by atoms with Crippen molar-refractivity contribution in [3.05, 3.63) is 77.3 Å². The number of halogens is 1. The molecule has 158 valence electrons. The second kappa shape index (κ2) is 8.28. The van der Waals surface area contributed by atoms with Gasteiger partial charge in [-0.3, -0.25) is 4.98 Å². The summed E-state index contributed by atoms with van der Waals surface area (Å²) >= 11 is 0. The van der Waals surface area contributed by atoms with E-state index in [9.17, 15) is 12.8 Å². The van der Waals surface area contributed by atoms with Crippen molar-refractivity contribution in [1.29, 1.82) is 0 Å². The second-order valence-electron chi connectivity index (χ2n) is 7.92. The molecule has 1 saturated heterocycles. The van der Waals surface area contributed by atoms with Gasteiger partial charge in [-0.2, -0.15) is 4.31 Å². The molecular formula is C22H25FN4O2S. The van der Waals surface area contributed by atoms with E-state index in [1.807, 2.05) is 13.0 Å². The Hall–Kier alpha value is -2.58. The molecule has 1 fully saturated rings. The molecule has 0 unspecified atom stereocenters. The number of aryl methyl sites for hydroxylation is 2. The third-order valence-corrected chi connectivity index (χ3v) is 7.19. The van der Waals surface area contributed by atoms with Crippen LogP contribution in [0.25, 0.3) is 0 Å². The first-order chi connectivity index (χ1) is 14.3. The van der Waals surface area contributed by atoms with Crippen LogP contribution in [0.5, 0.6) is 0 Å². The van der Waals surface area contributed by atoms with Crippen LogP contribution < -0.4 is 0 Å². The summed E-state index contributed by atoms with van der Waals surface area (Å²) in [6.07, 6.45) is 5.38. The van der Waals surface area contributed by atoms with Gasteiger partial charge >= 0.3 is 0 Å². The Labute approximate surface area is 176 Å². The largest absolute Gasteiger partial charge is 0.339 e. The van der Waals surface area contributed by atoms with Gasteiger partial charge in [-0.05, 0) is 61.6 Å². The Morgan fingerprint density at radius 1 is 1.17 bits per heavy atom. The Kier molecular flexibility index (Phi) is 5.71. The summed E-state index contributed by atoms with van der Waals surface area (Å²) in [5.41, 5.74) is 3.92. The lowest BCUT2D eigenvalue weighted by Crippen LogP contribution is -2.39. The van der Waals surface area contributed by atoms with Crippen molar-refractivity contribution in [2.45, 2.75) is 37.1 Å². The first-order valence-corrected chi connectivity index (χ1v) is 11.5. The number of pyridine rings is 1. The van der Waals surface area contributed by atoms with Crippen LogP contribution in [0.3, 0.4) is 0 Å². The molecule has 8 heteroatoms. The smallest absolute Gasteiger partial charge is 0.262 e. The summed E-state index contributed by atoms with van der Waals surface area (Å²) in [6, 6.07) is 10.6. The number of piperidine rings is 1.